The normalized spacial score (nSPS) is 15.2. The number of hydrogen-bond acceptors (Lipinski definition) is 4. The van der Waals surface area contributed by atoms with Crippen LogP contribution in [0, 0.1) is 5.41 Å². The molecule has 0 saturated heterocycles. The second-order valence-corrected chi connectivity index (χ2v) is 6.21. The molecule has 0 radical (unpaired) electrons. The third-order valence-corrected chi connectivity index (χ3v) is 4.46. The molecule has 1 saturated carbocycles. The van der Waals surface area contributed by atoms with E-state index in [0.717, 1.165) is 12.8 Å². The van der Waals surface area contributed by atoms with Gasteiger partial charge in [-0.05, 0) is 31.0 Å². The van der Waals surface area contributed by atoms with Crippen molar-refractivity contribution in [3.8, 4) is 0 Å². The van der Waals surface area contributed by atoms with Gasteiger partial charge in [-0.1, -0.05) is 24.4 Å². The number of carbonyl (C=O) groups excluding carboxylic acids is 3. The molecule has 6 nitrogen and oxygen atoms in total. The maximum Gasteiger partial charge on any atom is 1.00 e. The molecule has 0 spiro atoms. The van der Waals surface area contributed by atoms with Crippen LogP contribution >= 0.6 is 11.6 Å². The Labute approximate surface area is 167 Å². The van der Waals surface area contributed by atoms with Gasteiger partial charge in [0.25, 0.3) is 5.91 Å². The van der Waals surface area contributed by atoms with Gasteiger partial charge in [0.05, 0.1) is 11.3 Å². The van der Waals surface area contributed by atoms with E-state index in [1.54, 1.807) is 6.07 Å². The van der Waals surface area contributed by atoms with Crippen LogP contribution in [0.3, 0.4) is 0 Å². The molecule has 1 aliphatic rings. The number of anilines is 1. The number of aliphatic carboxylic acids is 1. The number of halogens is 1. The summed E-state index contributed by atoms with van der Waals surface area (Å²) in [6.45, 7) is 0. The van der Waals surface area contributed by atoms with Gasteiger partial charge in [-0.2, -0.15) is 0 Å². The van der Waals surface area contributed by atoms with E-state index in [1.165, 1.54) is 19.2 Å². The van der Waals surface area contributed by atoms with E-state index in [4.69, 9.17) is 11.6 Å². The summed E-state index contributed by atoms with van der Waals surface area (Å²) in [5, 5.41) is 16.8. The predicted molar refractivity (Wildman–Crippen MR) is 84.0 cm³/mol. The first-order valence-corrected chi connectivity index (χ1v) is 7.79. The smallest absolute Gasteiger partial charge is 0.550 e. The van der Waals surface area contributed by atoms with Gasteiger partial charge < -0.3 is 20.5 Å². The molecule has 0 aromatic heterocycles. The summed E-state index contributed by atoms with van der Waals surface area (Å²) < 4.78 is 0. The molecule has 124 valence electrons. The number of amides is 2. The van der Waals surface area contributed by atoms with E-state index < -0.39 is 23.2 Å². The average molecular weight is 361 g/mol. The number of carboxylic acid groups (broad SMARTS) is 1. The summed E-state index contributed by atoms with van der Waals surface area (Å²) in [7, 11) is 1.47. The van der Waals surface area contributed by atoms with Crippen LogP contribution in [0.25, 0.3) is 0 Å². The van der Waals surface area contributed by atoms with Crippen molar-refractivity contribution in [3.63, 3.8) is 0 Å². The van der Waals surface area contributed by atoms with Crippen LogP contribution in [0.15, 0.2) is 18.2 Å². The molecule has 0 aliphatic heterocycles. The summed E-state index contributed by atoms with van der Waals surface area (Å²) in [4.78, 5) is 35.5. The van der Waals surface area contributed by atoms with Gasteiger partial charge in [0.15, 0.2) is 0 Å². The summed E-state index contributed by atoms with van der Waals surface area (Å²) in [6.07, 6.45) is 2.25. The number of benzene rings is 1. The Hall–Kier alpha value is -1.08. The molecule has 1 aliphatic carbocycles. The van der Waals surface area contributed by atoms with E-state index in [-0.39, 0.29) is 41.5 Å². The fourth-order valence-corrected chi connectivity index (χ4v) is 3.13. The molecule has 0 unspecified atom stereocenters. The molecule has 2 amide bonds. The Morgan fingerprint density at radius 3 is 2.42 bits per heavy atom. The molecule has 0 atom stereocenters. The number of hydrogen-bond donors (Lipinski definition) is 2. The van der Waals surface area contributed by atoms with Crippen molar-refractivity contribution in [1.82, 2.24) is 5.32 Å². The molecule has 1 fully saturated rings. The van der Waals surface area contributed by atoms with Crippen LogP contribution < -0.4 is 45.3 Å². The molecular formula is C16H18ClN2NaO4. The Morgan fingerprint density at radius 1 is 1.25 bits per heavy atom. The number of carboxylic acids is 1. The quantitative estimate of drug-likeness (QED) is 0.614. The fraction of sp³-hybridized carbons (Fsp3) is 0.438. The third-order valence-electron chi connectivity index (χ3n) is 4.22. The second kappa shape index (κ2) is 8.85. The topological polar surface area (TPSA) is 98.3 Å². The molecule has 0 heterocycles. The van der Waals surface area contributed by atoms with Gasteiger partial charge in [0.2, 0.25) is 5.91 Å². The molecule has 1 aromatic rings. The summed E-state index contributed by atoms with van der Waals surface area (Å²) in [5.74, 6) is -2.03. The van der Waals surface area contributed by atoms with Crippen molar-refractivity contribution >= 4 is 35.1 Å². The van der Waals surface area contributed by atoms with Gasteiger partial charge in [-0.3, -0.25) is 9.59 Å². The van der Waals surface area contributed by atoms with Crippen LogP contribution in [-0.4, -0.2) is 24.8 Å². The van der Waals surface area contributed by atoms with Crippen LogP contribution in [0.4, 0.5) is 5.69 Å². The van der Waals surface area contributed by atoms with E-state index in [0.29, 0.717) is 23.6 Å². The molecule has 8 heteroatoms. The monoisotopic (exact) mass is 360 g/mol. The number of nitrogens with one attached hydrogen (secondary N) is 2. The van der Waals surface area contributed by atoms with Gasteiger partial charge >= 0.3 is 29.6 Å². The summed E-state index contributed by atoms with van der Waals surface area (Å²) >= 11 is 5.88. The molecule has 0 bridgehead atoms. The SMILES string of the molecule is CNC(=O)c1cc(Cl)ccc1NC(=O)CC1(C(=O)[O-])CCCC1.[Na+]. The van der Waals surface area contributed by atoms with Crippen LogP contribution in [0.5, 0.6) is 0 Å². The Balaban J connectivity index is 0.00000288. The number of carbonyl (C=O) groups is 3. The van der Waals surface area contributed by atoms with E-state index in [1.807, 2.05) is 0 Å². The van der Waals surface area contributed by atoms with Crippen LogP contribution in [-0.2, 0) is 9.59 Å². The first-order chi connectivity index (χ1) is 10.9. The second-order valence-electron chi connectivity index (χ2n) is 5.77. The molecule has 24 heavy (non-hydrogen) atoms. The van der Waals surface area contributed by atoms with Gasteiger partial charge in [0.1, 0.15) is 0 Å². The average Bonchev–Trinajstić information content (AvgIpc) is 2.98. The van der Waals surface area contributed by atoms with E-state index in [2.05, 4.69) is 10.6 Å². The fourth-order valence-electron chi connectivity index (χ4n) is 2.95. The maximum atomic E-state index is 12.3. The van der Waals surface area contributed by atoms with E-state index in [9.17, 15) is 19.5 Å². The molecular weight excluding hydrogens is 343 g/mol. The largest absolute Gasteiger partial charge is 1.00 e. The van der Waals surface area contributed by atoms with Crippen molar-refractivity contribution in [1.29, 1.82) is 0 Å². The Kier molecular flexibility index (Phi) is 7.73. The van der Waals surface area contributed by atoms with Crippen LogP contribution in [0.2, 0.25) is 5.02 Å². The van der Waals surface area contributed by atoms with Crippen molar-refractivity contribution in [2.75, 3.05) is 12.4 Å². The summed E-state index contributed by atoms with van der Waals surface area (Å²) in [6, 6.07) is 4.51. The van der Waals surface area contributed by atoms with Gasteiger partial charge in [0, 0.05) is 29.9 Å². The summed E-state index contributed by atoms with van der Waals surface area (Å²) in [5.41, 5.74) is -0.587. The van der Waals surface area contributed by atoms with Gasteiger partial charge in [-0.25, -0.2) is 0 Å². The Morgan fingerprint density at radius 2 is 1.88 bits per heavy atom. The number of rotatable bonds is 5. The zero-order valence-corrected chi connectivity index (χ0v) is 16.5. The molecule has 2 N–H and O–H groups in total. The maximum absolute atomic E-state index is 12.3. The first-order valence-electron chi connectivity index (χ1n) is 7.41. The zero-order chi connectivity index (χ0) is 17.0. The minimum absolute atomic E-state index is 0. The first kappa shape index (κ1) is 21.0. The molecule has 2 rings (SSSR count). The predicted octanol–water partition coefficient (Wildman–Crippen LogP) is -1.66. The zero-order valence-electron chi connectivity index (χ0n) is 13.8. The standard InChI is InChI=1S/C16H19ClN2O4.Na/c1-18-14(21)11-8-10(17)4-5-12(11)19-13(20)9-16(15(22)23)6-2-3-7-16;/h4-5,8H,2-3,6-7,9H2,1H3,(H,18,21)(H,19,20)(H,22,23);/q;+1/p-1. The van der Waals surface area contributed by atoms with Crippen molar-refractivity contribution in [3.05, 3.63) is 28.8 Å². The van der Waals surface area contributed by atoms with Crippen molar-refractivity contribution in [2.45, 2.75) is 32.1 Å². The van der Waals surface area contributed by atoms with Crippen LogP contribution in [0.1, 0.15) is 42.5 Å². The van der Waals surface area contributed by atoms with Crippen molar-refractivity contribution < 1.29 is 49.0 Å². The Bertz CT molecular complexity index is 645. The third kappa shape index (κ3) is 4.72. The van der Waals surface area contributed by atoms with Crippen molar-refractivity contribution in [2.24, 2.45) is 5.41 Å². The minimum Gasteiger partial charge on any atom is -0.550 e. The van der Waals surface area contributed by atoms with E-state index >= 15 is 0 Å². The minimum atomic E-state index is -1.19. The molecule has 1 aromatic carbocycles. The van der Waals surface area contributed by atoms with Gasteiger partial charge in [-0.15, -0.1) is 0 Å².